The summed E-state index contributed by atoms with van der Waals surface area (Å²) < 4.78 is 0. The van der Waals surface area contributed by atoms with Gasteiger partial charge in [-0.2, -0.15) is 0 Å². The Bertz CT molecular complexity index is 484. The summed E-state index contributed by atoms with van der Waals surface area (Å²) in [4.78, 5) is 25.4. The number of hydrogen-bond acceptors (Lipinski definition) is 3. The molecule has 0 aliphatic carbocycles. The number of nitrogen functional groups attached to an aromatic ring is 1. The number of carbonyl (C=O) groups excluding carboxylic acids is 2. The Kier molecular flexibility index (Phi) is 6.03. The Morgan fingerprint density at radius 2 is 1.80 bits per heavy atom. The van der Waals surface area contributed by atoms with Crippen LogP contribution in [0.2, 0.25) is 0 Å². The van der Waals surface area contributed by atoms with E-state index in [0.29, 0.717) is 23.4 Å². The molecule has 0 saturated carbocycles. The zero-order valence-electron chi connectivity index (χ0n) is 12.4. The van der Waals surface area contributed by atoms with Gasteiger partial charge in [0.05, 0.1) is 0 Å². The first-order chi connectivity index (χ1) is 9.45. The van der Waals surface area contributed by atoms with Crippen LogP contribution < -0.4 is 11.1 Å². The van der Waals surface area contributed by atoms with Crippen molar-refractivity contribution in [1.82, 2.24) is 10.2 Å². The molecule has 20 heavy (non-hydrogen) atoms. The number of unbranched alkanes of at least 4 members (excludes halogenated alkanes) is 2. The number of nitrogens with zero attached hydrogens (tertiary/aromatic N) is 1. The van der Waals surface area contributed by atoms with Gasteiger partial charge in [0, 0.05) is 37.5 Å². The molecular weight excluding hydrogens is 254 g/mol. The maximum atomic E-state index is 12.0. The molecule has 1 rings (SSSR count). The van der Waals surface area contributed by atoms with Crippen molar-refractivity contribution in [3.8, 4) is 0 Å². The van der Waals surface area contributed by atoms with Crippen LogP contribution in [-0.4, -0.2) is 37.4 Å². The predicted molar refractivity (Wildman–Crippen MR) is 80.7 cm³/mol. The second kappa shape index (κ2) is 7.53. The molecular formula is C15H23N3O2. The molecule has 0 unspecified atom stereocenters. The minimum absolute atomic E-state index is 0.169. The molecule has 3 N–H and O–H groups in total. The molecule has 1 aromatic carbocycles. The second-order valence-electron chi connectivity index (χ2n) is 5.01. The molecule has 0 heterocycles. The molecule has 0 bridgehead atoms. The number of benzene rings is 1. The standard InChI is InChI=1S/C15H23N3O2/c1-4-5-6-7-17-14(19)11-8-12(10-13(16)9-11)15(20)18(2)3/h8-10H,4-7,16H2,1-3H3,(H,17,19). The zero-order valence-corrected chi connectivity index (χ0v) is 12.4. The third-order valence-corrected chi connectivity index (χ3v) is 2.94. The van der Waals surface area contributed by atoms with Crippen LogP contribution in [-0.2, 0) is 0 Å². The van der Waals surface area contributed by atoms with Gasteiger partial charge in [0.1, 0.15) is 0 Å². The first-order valence-corrected chi connectivity index (χ1v) is 6.86. The Morgan fingerprint density at radius 3 is 2.40 bits per heavy atom. The van der Waals surface area contributed by atoms with Crippen LogP contribution in [0.25, 0.3) is 0 Å². The van der Waals surface area contributed by atoms with Crippen molar-refractivity contribution in [3.63, 3.8) is 0 Å². The lowest BCUT2D eigenvalue weighted by Gasteiger charge is -2.12. The fourth-order valence-corrected chi connectivity index (χ4v) is 1.84. The van der Waals surface area contributed by atoms with Crippen molar-refractivity contribution in [1.29, 1.82) is 0 Å². The molecule has 0 saturated heterocycles. The monoisotopic (exact) mass is 277 g/mol. The summed E-state index contributed by atoms with van der Waals surface area (Å²) in [5.74, 6) is -0.362. The summed E-state index contributed by atoms with van der Waals surface area (Å²) in [6.07, 6.45) is 3.14. The minimum Gasteiger partial charge on any atom is -0.399 e. The van der Waals surface area contributed by atoms with Crippen molar-refractivity contribution >= 4 is 17.5 Å². The van der Waals surface area contributed by atoms with Crippen molar-refractivity contribution in [3.05, 3.63) is 29.3 Å². The van der Waals surface area contributed by atoms with Crippen LogP contribution in [0.3, 0.4) is 0 Å². The number of hydrogen-bond donors (Lipinski definition) is 2. The van der Waals surface area contributed by atoms with Crippen LogP contribution in [0.15, 0.2) is 18.2 Å². The number of nitrogens with one attached hydrogen (secondary N) is 1. The van der Waals surface area contributed by atoms with E-state index in [9.17, 15) is 9.59 Å². The van der Waals surface area contributed by atoms with Gasteiger partial charge in [0.2, 0.25) is 0 Å². The highest BCUT2D eigenvalue weighted by Gasteiger charge is 2.13. The van der Waals surface area contributed by atoms with Crippen molar-refractivity contribution in [2.75, 3.05) is 26.4 Å². The number of anilines is 1. The van der Waals surface area contributed by atoms with Gasteiger partial charge in [-0.3, -0.25) is 9.59 Å². The molecule has 0 atom stereocenters. The molecule has 0 fully saturated rings. The highest BCUT2D eigenvalue weighted by Crippen LogP contribution is 2.13. The van der Waals surface area contributed by atoms with Gasteiger partial charge in [0.25, 0.3) is 11.8 Å². The maximum Gasteiger partial charge on any atom is 0.253 e. The maximum absolute atomic E-state index is 12.0. The molecule has 0 spiro atoms. The summed E-state index contributed by atoms with van der Waals surface area (Å²) in [5.41, 5.74) is 7.02. The summed E-state index contributed by atoms with van der Waals surface area (Å²) in [6.45, 7) is 2.75. The van der Waals surface area contributed by atoms with E-state index < -0.39 is 0 Å². The highest BCUT2D eigenvalue weighted by molar-refractivity contribution is 6.00. The van der Waals surface area contributed by atoms with Gasteiger partial charge in [-0.25, -0.2) is 0 Å². The van der Waals surface area contributed by atoms with Crippen LogP contribution in [0.4, 0.5) is 5.69 Å². The van der Waals surface area contributed by atoms with E-state index in [-0.39, 0.29) is 11.8 Å². The predicted octanol–water partition coefficient (Wildman–Crippen LogP) is 1.89. The van der Waals surface area contributed by atoms with Gasteiger partial charge >= 0.3 is 0 Å². The first-order valence-electron chi connectivity index (χ1n) is 6.86. The molecule has 0 aliphatic heterocycles. The van der Waals surface area contributed by atoms with Crippen LogP contribution >= 0.6 is 0 Å². The minimum atomic E-state index is -0.193. The Hall–Kier alpha value is -2.04. The van der Waals surface area contributed by atoms with Crippen molar-refractivity contribution < 1.29 is 9.59 Å². The van der Waals surface area contributed by atoms with E-state index in [1.807, 2.05) is 0 Å². The first kappa shape index (κ1) is 16.0. The highest BCUT2D eigenvalue weighted by atomic mass is 16.2. The molecule has 5 heteroatoms. The smallest absolute Gasteiger partial charge is 0.253 e. The van der Waals surface area contributed by atoms with E-state index >= 15 is 0 Å². The number of nitrogens with two attached hydrogens (primary N) is 1. The molecule has 0 radical (unpaired) electrons. The fraction of sp³-hybridized carbons (Fsp3) is 0.467. The third kappa shape index (κ3) is 4.57. The molecule has 110 valence electrons. The molecule has 1 aromatic rings. The van der Waals surface area contributed by atoms with E-state index in [1.165, 1.54) is 4.90 Å². The van der Waals surface area contributed by atoms with Gasteiger partial charge in [0.15, 0.2) is 0 Å². The Balaban J connectivity index is 2.79. The summed E-state index contributed by atoms with van der Waals surface area (Å²) in [6, 6.07) is 4.74. The van der Waals surface area contributed by atoms with Gasteiger partial charge < -0.3 is 16.0 Å². The molecule has 5 nitrogen and oxygen atoms in total. The Morgan fingerprint density at radius 1 is 1.15 bits per heavy atom. The summed E-state index contributed by atoms with van der Waals surface area (Å²) in [7, 11) is 3.33. The van der Waals surface area contributed by atoms with Crippen LogP contribution in [0.5, 0.6) is 0 Å². The quantitative estimate of drug-likeness (QED) is 0.616. The van der Waals surface area contributed by atoms with Crippen molar-refractivity contribution in [2.24, 2.45) is 0 Å². The topological polar surface area (TPSA) is 75.4 Å². The zero-order chi connectivity index (χ0) is 15.1. The fourth-order valence-electron chi connectivity index (χ4n) is 1.84. The van der Waals surface area contributed by atoms with E-state index in [1.54, 1.807) is 32.3 Å². The summed E-state index contributed by atoms with van der Waals surface area (Å²) in [5, 5.41) is 2.84. The lowest BCUT2D eigenvalue weighted by Crippen LogP contribution is -2.26. The number of carbonyl (C=O) groups is 2. The van der Waals surface area contributed by atoms with E-state index in [0.717, 1.165) is 19.3 Å². The largest absolute Gasteiger partial charge is 0.399 e. The lowest BCUT2D eigenvalue weighted by molar-refractivity contribution is 0.0827. The Labute approximate surface area is 120 Å². The van der Waals surface area contributed by atoms with Crippen molar-refractivity contribution in [2.45, 2.75) is 26.2 Å². The van der Waals surface area contributed by atoms with Gasteiger partial charge in [-0.05, 0) is 24.6 Å². The normalized spacial score (nSPS) is 10.2. The van der Waals surface area contributed by atoms with Crippen LogP contribution in [0, 0.1) is 0 Å². The second-order valence-corrected chi connectivity index (χ2v) is 5.01. The summed E-state index contributed by atoms with van der Waals surface area (Å²) >= 11 is 0. The average molecular weight is 277 g/mol. The van der Waals surface area contributed by atoms with E-state index in [2.05, 4.69) is 12.2 Å². The van der Waals surface area contributed by atoms with Gasteiger partial charge in [-0.1, -0.05) is 19.8 Å². The average Bonchev–Trinajstić information content (AvgIpc) is 2.41. The number of rotatable bonds is 6. The molecule has 2 amide bonds. The SMILES string of the molecule is CCCCCNC(=O)c1cc(N)cc(C(=O)N(C)C)c1. The molecule has 0 aromatic heterocycles. The van der Waals surface area contributed by atoms with Gasteiger partial charge in [-0.15, -0.1) is 0 Å². The van der Waals surface area contributed by atoms with Crippen LogP contribution in [0.1, 0.15) is 46.9 Å². The number of amides is 2. The molecule has 0 aliphatic rings. The third-order valence-electron chi connectivity index (χ3n) is 2.94. The van der Waals surface area contributed by atoms with E-state index in [4.69, 9.17) is 5.73 Å². The lowest BCUT2D eigenvalue weighted by atomic mass is 10.1.